The molecule has 0 amide bonds. The van der Waals surface area contributed by atoms with Gasteiger partial charge in [-0.3, -0.25) is 0 Å². The van der Waals surface area contributed by atoms with E-state index in [2.05, 4.69) is 20.8 Å². The van der Waals surface area contributed by atoms with E-state index < -0.39 is 5.97 Å². The molecule has 2 rings (SSSR count). The monoisotopic (exact) mass is 276 g/mol. The Labute approximate surface area is 120 Å². The van der Waals surface area contributed by atoms with E-state index in [9.17, 15) is 15.0 Å². The minimum Gasteiger partial charge on any atom is -0.507 e. The summed E-state index contributed by atoms with van der Waals surface area (Å²) in [7, 11) is 0. The lowest BCUT2D eigenvalue weighted by Crippen LogP contribution is -2.31. The molecule has 1 aromatic carbocycles. The quantitative estimate of drug-likeness (QED) is 0.870. The third kappa shape index (κ3) is 2.67. The molecule has 0 aromatic heterocycles. The van der Waals surface area contributed by atoms with Crippen molar-refractivity contribution >= 4 is 5.97 Å². The summed E-state index contributed by atoms with van der Waals surface area (Å²) in [6.45, 7) is 6.64. The summed E-state index contributed by atoms with van der Waals surface area (Å²) >= 11 is 0. The Bertz CT molecular complexity index is 497. The Hall–Kier alpha value is -1.51. The van der Waals surface area contributed by atoms with Crippen molar-refractivity contribution in [1.29, 1.82) is 0 Å². The number of carbonyl (C=O) groups is 1. The molecule has 1 aromatic rings. The van der Waals surface area contributed by atoms with Crippen molar-refractivity contribution < 1.29 is 15.0 Å². The van der Waals surface area contributed by atoms with Crippen molar-refractivity contribution in [3.8, 4) is 5.75 Å². The molecule has 1 fully saturated rings. The van der Waals surface area contributed by atoms with E-state index in [1.165, 1.54) is 6.07 Å². The van der Waals surface area contributed by atoms with Crippen molar-refractivity contribution in [3.63, 3.8) is 0 Å². The third-order valence-corrected chi connectivity index (χ3v) is 4.98. The van der Waals surface area contributed by atoms with Gasteiger partial charge < -0.3 is 10.2 Å². The first kappa shape index (κ1) is 14.9. The van der Waals surface area contributed by atoms with E-state index in [0.717, 1.165) is 37.2 Å². The van der Waals surface area contributed by atoms with Crippen LogP contribution in [0.15, 0.2) is 18.2 Å². The molecule has 0 radical (unpaired) electrons. The Balaban J connectivity index is 2.33. The maximum atomic E-state index is 11.4. The Morgan fingerprint density at radius 3 is 2.40 bits per heavy atom. The maximum absolute atomic E-state index is 11.4. The molecule has 20 heavy (non-hydrogen) atoms. The molecule has 110 valence electrons. The van der Waals surface area contributed by atoms with Crippen LogP contribution in [0.25, 0.3) is 0 Å². The number of aromatic hydroxyl groups is 1. The van der Waals surface area contributed by atoms with Gasteiger partial charge in [-0.05, 0) is 54.6 Å². The van der Waals surface area contributed by atoms with Crippen LogP contribution in [0.5, 0.6) is 5.75 Å². The van der Waals surface area contributed by atoms with E-state index in [1.807, 2.05) is 6.07 Å². The van der Waals surface area contributed by atoms with E-state index in [-0.39, 0.29) is 16.7 Å². The van der Waals surface area contributed by atoms with Crippen molar-refractivity contribution in [3.05, 3.63) is 29.3 Å². The summed E-state index contributed by atoms with van der Waals surface area (Å²) in [5.41, 5.74) is 0.725. The lowest BCUT2D eigenvalue weighted by Gasteiger charge is -2.40. The fourth-order valence-corrected chi connectivity index (χ4v) is 3.48. The van der Waals surface area contributed by atoms with Gasteiger partial charge in [-0.1, -0.05) is 32.9 Å². The lowest BCUT2D eigenvalue weighted by atomic mass is 9.65. The first-order valence-electron chi connectivity index (χ1n) is 7.41. The zero-order valence-corrected chi connectivity index (χ0v) is 12.5. The third-order valence-electron chi connectivity index (χ3n) is 4.98. The van der Waals surface area contributed by atoms with Gasteiger partial charge in [0.05, 0.1) is 0 Å². The van der Waals surface area contributed by atoms with Crippen LogP contribution in [-0.2, 0) is 5.41 Å². The predicted octanol–water partition coefficient (Wildman–Crippen LogP) is 4.19. The highest BCUT2D eigenvalue weighted by Crippen LogP contribution is 2.45. The molecule has 0 atom stereocenters. The number of benzene rings is 1. The van der Waals surface area contributed by atoms with Crippen molar-refractivity contribution in [2.24, 2.45) is 11.8 Å². The minimum absolute atomic E-state index is 0.0815. The summed E-state index contributed by atoms with van der Waals surface area (Å²) in [6, 6.07) is 5.06. The molecule has 2 N–H and O–H groups in total. The van der Waals surface area contributed by atoms with E-state index >= 15 is 0 Å². The van der Waals surface area contributed by atoms with Crippen molar-refractivity contribution in [2.75, 3.05) is 0 Å². The fraction of sp³-hybridized carbons (Fsp3) is 0.588. The average molecular weight is 276 g/mol. The molecule has 1 saturated carbocycles. The molecule has 1 aliphatic rings. The van der Waals surface area contributed by atoms with Gasteiger partial charge in [0.1, 0.15) is 11.3 Å². The molecule has 0 unspecified atom stereocenters. The maximum Gasteiger partial charge on any atom is 0.339 e. The number of aromatic carboxylic acids is 1. The number of carboxylic acids is 1. The van der Waals surface area contributed by atoms with Crippen LogP contribution in [-0.4, -0.2) is 16.2 Å². The standard InChI is InChI=1S/C17H24O3/c1-11(2)12-7-9-17(3,10-8-12)13-5-4-6-14(18)15(13)16(19)20/h4-6,11-12,18H,7-10H2,1-3H3,(H,19,20). The minimum atomic E-state index is -1.04. The van der Waals surface area contributed by atoms with Crippen LogP contribution in [0.4, 0.5) is 0 Å². The molecular weight excluding hydrogens is 252 g/mol. The second-order valence-electron chi connectivity index (χ2n) is 6.65. The zero-order valence-electron chi connectivity index (χ0n) is 12.5. The van der Waals surface area contributed by atoms with Crippen LogP contribution < -0.4 is 0 Å². The summed E-state index contributed by atoms with van der Waals surface area (Å²) in [5, 5.41) is 19.2. The highest BCUT2D eigenvalue weighted by atomic mass is 16.4. The van der Waals surface area contributed by atoms with Gasteiger partial charge in [-0.15, -0.1) is 0 Å². The van der Waals surface area contributed by atoms with Gasteiger partial charge in [0.25, 0.3) is 0 Å². The molecular formula is C17H24O3. The highest BCUT2D eigenvalue weighted by Gasteiger charge is 2.36. The van der Waals surface area contributed by atoms with Crippen molar-refractivity contribution in [2.45, 2.75) is 51.9 Å². The number of phenols is 1. The summed E-state index contributed by atoms with van der Waals surface area (Å²) < 4.78 is 0. The summed E-state index contributed by atoms with van der Waals surface area (Å²) in [4.78, 5) is 11.4. The van der Waals surface area contributed by atoms with E-state index in [0.29, 0.717) is 5.92 Å². The van der Waals surface area contributed by atoms with E-state index in [4.69, 9.17) is 0 Å². The number of rotatable bonds is 3. The Morgan fingerprint density at radius 1 is 1.30 bits per heavy atom. The molecule has 0 bridgehead atoms. The van der Waals surface area contributed by atoms with Gasteiger partial charge in [-0.25, -0.2) is 4.79 Å². The van der Waals surface area contributed by atoms with Gasteiger partial charge in [0.15, 0.2) is 0 Å². The Morgan fingerprint density at radius 2 is 1.90 bits per heavy atom. The number of hydrogen-bond acceptors (Lipinski definition) is 2. The van der Waals surface area contributed by atoms with Gasteiger partial charge in [0.2, 0.25) is 0 Å². The molecule has 0 saturated heterocycles. The molecule has 1 aliphatic carbocycles. The first-order chi connectivity index (χ1) is 9.35. The molecule has 3 heteroatoms. The second-order valence-corrected chi connectivity index (χ2v) is 6.65. The molecule has 0 aliphatic heterocycles. The topological polar surface area (TPSA) is 57.5 Å². The SMILES string of the molecule is CC(C)C1CCC(C)(c2cccc(O)c2C(=O)O)CC1. The van der Waals surface area contributed by atoms with Crippen LogP contribution in [0, 0.1) is 11.8 Å². The normalized spacial score (nSPS) is 26.7. The van der Waals surface area contributed by atoms with Crippen LogP contribution >= 0.6 is 0 Å². The van der Waals surface area contributed by atoms with Gasteiger partial charge in [0, 0.05) is 0 Å². The lowest BCUT2D eigenvalue weighted by molar-refractivity contribution is 0.0688. The van der Waals surface area contributed by atoms with Crippen LogP contribution in [0.2, 0.25) is 0 Å². The smallest absolute Gasteiger partial charge is 0.339 e. The molecule has 0 spiro atoms. The largest absolute Gasteiger partial charge is 0.507 e. The number of hydrogen-bond donors (Lipinski definition) is 2. The number of carboxylic acid groups (broad SMARTS) is 1. The summed E-state index contributed by atoms with van der Waals surface area (Å²) in [5.74, 6) is 0.254. The highest BCUT2D eigenvalue weighted by molar-refractivity contribution is 5.93. The predicted molar refractivity (Wildman–Crippen MR) is 79.2 cm³/mol. The second kappa shape index (κ2) is 5.47. The van der Waals surface area contributed by atoms with Gasteiger partial charge >= 0.3 is 5.97 Å². The van der Waals surface area contributed by atoms with E-state index in [1.54, 1.807) is 6.07 Å². The molecule has 3 nitrogen and oxygen atoms in total. The van der Waals surface area contributed by atoms with Crippen molar-refractivity contribution in [1.82, 2.24) is 0 Å². The Kier molecular flexibility index (Phi) is 4.07. The first-order valence-corrected chi connectivity index (χ1v) is 7.41. The van der Waals surface area contributed by atoms with Gasteiger partial charge in [-0.2, -0.15) is 0 Å². The van der Waals surface area contributed by atoms with Crippen LogP contribution in [0.1, 0.15) is 62.4 Å². The summed E-state index contributed by atoms with van der Waals surface area (Å²) in [6.07, 6.45) is 4.23. The fourth-order valence-electron chi connectivity index (χ4n) is 3.48. The average Bonchev–Trinajstić information content (AvgIpc) is 2.38. The van der Waals surface area contributed by atoms with Crippen LogP contribution in [0.3, 0.4) is 0 Å². The zero-order chi connectivity index (χ0) is 14.9. The molecule has 0 heterocycles.